The summed E-state index contributed by atoms with van der Waals surface area (Å²) in [6, 6.07) is 79.0. The Morgan fingerprint density at radius 3 is 1.36 bits per heavy atom. The summed E-state index contributed by atoms with van der Waals surface area (Å²) in [5.41, 5.74) is 30.0. The van der Waals surface area contributed by atoms with Crippen molar-refractivity contribution >= 4 is 16.9 Å². The van der Waals surface area contributed by atoms with Crippen molar-refractivity contribution in [1.29, 1.82) is 0 Å². The third-order valence-electron chi connectivity index (χ3n) is 16.6. The Bertz CT molecular complexity index is 3610. The van der Waals surface area contributed by atoms with Gasteiger partial charge in [-0.05, 0) is 131 Å². The number of hydrogen-bond acceptors (Lipinski definition) is 1. The molecule has 0 aliphatic heterocycles. The van der Waals surface area contributed by atoms with Crippen molar-refractivity contribution in [1.82, 2.24) is 0 Å². The molecule has 2 spiro atoms. The monoisotopic (exact) mass is 839 g/mol. The lowest BCUT2D eigenvalue weighted by atomic mass is 9.68. The van der Waals surface area contributed by atoms with Crippen LogP contribution in [0, 0.1) is 0 Å². The molecule has 1 nitrogen and oxygen atoms in total. The molecule has 0 N–H and O–H groups in total. The van der Waals surface area contributed by atoms with Crippen LogP contribution in [0.15, 0.2) is 224 Å². The molecular weight excluding hydrogens is 795 g/mol. The van der Waals surface area contributed by atoms with Gasteiger partial charge < -0.3 is 4.90 Å². The molecule has 0 amide bonds. The Labute approximate surface area is 386 Å². The average molecular weight is 840 g/mol. The van der Waals surface area contributed by atoms with Crippen LogP contribution in [-0.4, -0.2) is 0 Å². The normalized spacial score (nSPS) is 16.9. The standard InChI is InChI=1S/C65H45N/c1-63(2)49-26-10-3-19-41(49)46-38-37-40(39-58(46)63)66(59-35-17-33-56-61(59)47-24-8-15-31-54(47)64(56)50-27-11-4-20-42(50)43-21-5-12-28-51(43)64)60-36-18-34-57-62(60)48-25-9-16-32-55(48)65(57)52-29-13-6-22-44(52)45-23-7-14-30-53(45)65/h3-17,19-33,35-39H,18,34H2,1-2H3. The van der Waals surface area contributed by atoms with Crippen LogP contribution in [0.1, 0.15) is 82.3 Å². The summed E-state index contributed by atoms with van der Waals surface area (Å²) in [4.78, 5) is 2.69. The molecule has 6 aliphatic carbocycles. The van der Waals surface area contributed by atoms with Gasteiger partial charge in [-0.2, -0.15) is 0 Å². The number of allylic oxidation sites excluding steroid dienone is 3. The molecule has 0 radical (unpaired) electrons. The highest BCUT2D eigenvalue weighted by Gasteiger charge is 2.55. The van der Waals surface area contributed by atoms with Crippen LogP contribution in [-0.2, 0) is 16.2 Å². The minimum absolute atomic E-state index is 0.160. The van der Waals surface area contributed by atoms with Crippen LogP contribution in [0.2, 0.25) is 0 Å². The summed E-state index contributed by atoms with van der Waals surface area (Å²) in [6.07, 6.45) is 4.51. The molecule has 0 unspecified atom stereocenters. The van der Waals surface area contributed by atoms with Gasteiger partial charge in [0.25, 0.3) is 0 Å². The lowest BCUT2D eigenvalue weighted by Gasteiger charge is -2.37. The number of hydrogen-bond donors (Lipinski definition) is 0. The van der Waals surface area contributed by atoms with E-state index in [0.717, 1.165) is 12.8 Å². The van der Waals surface area contributed by atoms with Gasteiger partial charge in [0.2, 0.25) is 0 Å². The highest BCUT2D eigenvalue weighted by atomic mass is 15.2. The first-order chi connectivity index (χ1) is 32.5. The first kappa shape index (κ1) is 36.6. The first-order valence-electron chi connectivity index (χ1n) is 23.7. The largest absolute Gasteiger partial charge is 0.310 e. The zero-order valence-electron chi connectivity index (χ0n) is 37.1. The summed E-state index contributed by atoms with van der Waals surface area (Å²) in [5.74, 6) is 0. The van der Waals surface area contributed by atoms with Crippen LogP contribution in [0.5, 0.6) is 0 Å². The van der Waals surface area contributed by atoms with Gasteiger partial charge in [0.05, 0.1) is 22.2 Å². The maximum Gasteiger partial charge on any atom is 0.0726 e. The SMILES string of the molecule is CC1(C)c2ccccc2-c2ccc(N(C3=CCCC4=C3c3ccccc3C43c4ccccc4-c4ccccc43)c3cccc4c3-c3ccccc3C43c4ccccc4-c4ccccc43)cc21. The molecule has 1 heteroatoms. The lowest BCUT2D eigenvalue weighted by Crippen LogP contribution is -2.29. The van der Waals surface area contributed by atoms with Crippen LogP contribution < -0.4 is 4.90 Å². The van der Waals surface area contributed by atoms with Crippen molar-refractivity contribution in [2.45, 2.75) is 42.9 Å². The zero-order chi connectivity index (χ0) is 43.5. The van der Waals surface area contributed by atoms with E-state index in [-0.39, 0.29) is 10.8 Å². The highest BCUT2D eigenvalue weighted by Crippen LogP contribution is 2.68. The maximum absolute atomic E-state index is 2.69. The second-order valence-electron chi connectivity index (χ2n) is 19.7. The molecule has 0 fully saturated rings. The molecule has 9 aromatic rings. The van der Waals surface area contributed by atoms with Gasteiger partial charge in [0.1, 0.15) is 0 Å². The van der Waals surface area contributed by atoms with E-state index in [0.29, 0.717) is 0 Å². The van der Waals surface area contributed by atoms with E-state index in [2.05, 4.69) is 231 Å². The van der Waals surface area contributed by atoms with Crippen molar-refractivity contribution in [3.63, 3.8) is 0 Å². The molecule has 15 rings (SSSR count). The third-order valence-corrected chi connectivity index (χ3v) is 16.6. The Balaban J connectivity index is 1.05. The van der Waals surface area contributed by atoms with Gasteiger partial charge in [-0.1, -0.05) is 208 Å². The predicted octanol–water partition coefficient (Wildman–Crippen LogP) is 15.9. The minimum Gasteiger partial charge on any atom is -0.310 e. The van der Waals surface area contributed by atoms with Crippen LogP contribution in [0.3, 0.4) is 0 Å². The number of nitrogens with zero attached hydrogens (tertiary/aromatic N) is 1. The molecule has 0 aromatic heterocycles. The van der Waals surface area contributed by atoms with Crippen LogP contribution in [0.4, 0.5) is 11.4 Å². The average Bonchev–Trinajstić information content (AvgIpc) is 4.11. The van der Waals surface area contributed by atoms with Crippen molar-refractivity contribution < 1.29 is 0 Å². The molecule has 0 heterocycles. The Morgan fingerprint density at radius 1 is 0.364 bits per heavy atom. The smallest absolute Gasteiger partial charge is 0.0726 e. The molecule has 0 saturated carbocycles. The lowest BCUT2D eigenvalue weighted by molar-refractivity contribution is 0.660. The molecule has 6 aliphatic rings. The van der Waals surface area contributed by atoms with Gasteiger partial charge in [0, 0.05) is 22.2 Å². The number of rotatable bonds is 3. The summed E-state index contributed by atoms with van der Waals surface area (Å²) < 4.78 is 0. The topological polar surface area (TPSA) is 3.24 Å². The molecule has 310 valence electrons. The zero-order valence-corrected chi connectivity index (χ0v) is 37.1. The quantitative estimate of drug-likeness (QED) is 0.171. The fourth-order valence-electron chi connectivity index (χ4n) is 14.2. The van der Waals surface area contributed by atoms with E-state index in [4.69, 9.17) is 0 Å². The molecule has 9 aromatic carbocycles. The number of anilines is 2. The fraction of sp³-hybridized carbons (Fsp3) is 0.108. The van der Waals surface area contributed by atoms with E-state index in [1.165, 1.54) is 128 Å². The van der Waals surface area contributed by atoms with Crippen LogP contribution in [0.25, 0.3) is 50.1 Å². The number of fused-ring (bicyclic) bond motifs is 22. The van der Waals surface area contributed by atoms with Gasteiger partial charge in [-0.25, -0.2) is 0 Å². The summed E-state index contributed by atoms with van der Waals surface area (Å²) in [7, 11) is 0. The Hall–Kier alpha value is -7.74. The second-order valence-corrected chi connectivity index (χ2v) is 19.7. The second kappa shape index (κ2) is 12.7. The summed E-state index contributed by atoms with van der Waals surface area (Å²) in [6.45, 7) is 4.82. The van der Waals surface area contributed by atoms with Crippen LogP contribution >= 0.6 is 0 Å². The van der Waals surface area contributed by atoms with Gasteiger partial charge in [-0.15, -0.1) is 0 Å². The molecule has 0 bridgehead atoms. The van der Waals surface area contributed by atoms with Crippen molar-refractivity contribution in [3.8, 4) is 44.5 Å². The maximum atomic E-state index is 2.69. The van der Waals surface area contributed by atoms with E-state index >= 15 is 0 Å². The minimum atomic E-state index is -0.449. The highest BCUT2D eigenvalue weighted by molar-refractivity contribution is 6.05. The molecule has 66 heavy (non-hydrogen) atoms. The Kier molecular flexibility index (Phi) is 7.06. The van der Waals surface area contributed by atoms with Gasteiger partial charge in [0.15, 0.2) is 0 Å². The third kappa shape index (κ3) is 4.20. The van der Waals surface area contributed by atoms with Gasteiger partial charge in [-0.3, -0.25) is 0 Å². The van der Waals surface area contributed by atoms with Crippen molar-refractivity contribution in [3.05, 3.63) is 279 Å². The van der Waals surface area contributed by atoms with E-state index in [1.807, 2.05) is 0 Å². The van der Waals surface area contributed by atoms with Crippen molar-refractivity contribution in [2.75, 3.05) is 4.90 Å². The fourth-order valence-corrected chi connectivity index (χ4v) is 14.2. The summed E-state index contributed by atoms with van der Waals surface area (Å²) in [5, 5.41) is 0. The molecule has 0 atom stereocenters. The molecular formula is C65H45N. The van der Waals surface area contributed by atoms with Crippen molar-refractivity contribution in [2.24, 2.45) is 0 Å². The van der Waals surface area contributed by atoms with E-state index in [9.17, 15) is 0 Å². The molecule has 0 saturated heterocycles. The predicted molar refractivity (Wildman–Crippen MR) is 271 cm³/mol. The van der Waals surface area contributed by atoms with Gasteiger partial charge >= 0.3 is 0 Å². The number of benzene rings is 9. The van der Waals surface area contributed by atoms with E-state index in [1.54, 1.807) is 0 Å². The Morgan fingerprint density at radius 2 is 0.788 bits per heavy atom. The first-order valence-corrected chi connectivity index (χ1v) is 23.7. The summed E-state index contributed by atoms with van der Waals surface area (Å²) >= 11 is 0. The van der Waals surface area contributed by atoms with E-state index < -0.39 is 5.41 Å².